The standard InChI is InChI=1S/C14H31NO3Si/c1-9-10-12(13(11(2)3)15(16)17)18-19(7,8)14(4,5)6/h11-13H,9-10H2,1-8H3/t12-,13-/m1/s1. The van der Waals surface area contributed by atoms with Gasteiger partial charge in [-0.2, -0.15) is 0 Å². The molecule has 0 heterocycles. The molecule has 114 valence electrons. The second-order valence-electron chi connectivity index (χ2n) is 7.23. The van der Waals surface area contributed by atoms with E-state index in [1.54, 1.807) is 0 Å². The first-order valence-electron chi connectivity index (χ1n) is 7.25. The third-order valence-electron chi connectivity index (χ3n) is 4.13. The van der Waals surface area contributed by atoms with Gasteiger partial charge in [-0.25, -0.2) is 0 Å². The summed E-state index contributed by atoms with van der Waals surface area (Å²) in [5.41, 5.74) is 0. The molecule has 0 rings (SSSR count). The van der Waals surface area contributed by atoms with Gasteiger partial charge >= 0.3 is 0 Å². The highest BCUT2D eigenvalue weighted by Crippen LogP contribution is 2.38. The summed E-state index contributed by atoms with van der Waals surface area (Å²) in [7, 11) is -1.96. The summed E-state index contributed by atoms with van der Waals surface area (Å²) >= 11 is 0. The third kappa shape index (κ3) is 5.22. The molecule has 0 saturated heterocycles. The summed E-state index contributed by atoms with van der Waals surface area (Å²) in [5.74, 6) is -0.00341. The van der Waals surface area contributed by atoms with Gasteiger partial charge in [-0.05, 0) is 24.6 Å². The van der Waals surface area contributed by atoms with E-state index in [2.05, 4.69) is 40.8 Å². The van der Waals surface area contributed by atoms with Crippen molar-refractivity contribution < 1.29 is 9.35 Å². The minimum Gasteiger partial charge on any atom is -0.407 e. The van der Waals surface area contributed by atoms with Gasteiger partial charge in [0.2, 0.25) is 6.04 Å². The molecule has 2 atom stereocenters. The van der Waals surface area contributed by atoms with Gasteiger partial charge in [-0.3, -0.25) is 10.1 Å². The van der Waals surface area contributed by atoms with E-state index in [0.29, 0.717) is 0 Å². The highest BCUT2D eigenvalue weighted by Gasteiger charge is 2.44. The average molecular weight is 289 g/mol. The van der Waals surface area contributed by atoms with Crippen molar-refractivity contribution in [2.45, 2.75) is 84.7 Å². The van der Waals surface area contributed by atoms with Crippen LogP contribution < -0.4 is 0 Å². The molecule has 0 fully saturated rings. The molecular weight excluding hydrogens is 258 g/mol. The molecule has 0 radical (unpaired) electrons. The van der Waals surface area contributed by atoms with Crippen molar-refractivity contribution in [3.63, 3.8) is 0 Å². The maximum absolute atomic E-state index is 11.3. The Kier molecular flexibility index (Phi) is 6.69. The predicted octanol–water partition coefficient (Wildman–Crippen LogP) is 4.48. The average Bonchev–Trinajstić information content (AvgIpc) is 2.13. The van der Waals surface area contributed by atoms with Gasteiger partial charge in [-0.15, -0.1) is 0 Å². The lowest BCUT2D eigenvalue weighted by molar-refractivity contribution is -0.542. The molecule has 0 aromatic rings. The van der Waals surface area contributed by atoms with Gasteiger partial charge in [0.05, 0.1) is 0 Å². The van der Waals surface area contributed by atoms with Crippen LogP contribution in [0, 0.1) is 16.0 Å². The van der Waals surface area contributed by atoms with E-state index in [9.17, 15) is 10.1 Å². The zero-order chi connectivity index (χ0) is 15.4. The van der Waals surface area contributed by atoms with Crippen molar-refractivity contribution in [2.75, 3.05) is 0 Å². The number of hydrogen-bond acceptors (Lipinski definition) is 3. The van der Waals surface area contributed by atoms with Crippen LogP contribution in [-0.4, -0.2) is 25.4 Å². The SMILES string of the molecule is CCC[C@@H](O[Si](C)(C)C(C)(C)C)[C@@H](C(C)C)[N+](=O)[O-]. The minimum absolute atomic E-state index is 0.00341. The van der Waals surface area contributed by atoms with Crippen molar-refractivity contribution >= 4 is 8.32 Å². The smallest absolute Gasteiger partial charge is 0.239 e. The van der Waals surface area contributed by atoms with E-state index in [4.69, 9.17) is 4.43 Å². The van der Waals surface area contributed by atoms with Crippen LogP contribution in [0.4, 0.5) is 0 Å². The van der Waals surface area contributed by atoms with Crippen LogP contribution >= 0.6 is 0 Å². The predicted molar refractivity (Wildman–Crippen MR) is 82.6 cm³/mol. The fourth-order valence-electron chi connectivity index (χ4n) is 1.95. The summed E-state index contributed by atoms with van der Waals surface area (Å²) in [6.07, 6.45) is 1.41. The first kappa shape index (κ1) is 18.6. The van der Waals surface area contributed by atoms with E-state index < -0.39 is 14.4 Å². The van der Waals surface area contributed by atoms with Gasteiger partial charge in [0, 0.05) is 10.8 Å². The lowest BCUT2D eigenvalue weighted by Crippen LogP contribution is -2.50. The number of hydrogen-bond donors (Lipinski definition) is 0. The molecular formula is C14H31NO3Si. The molecule has 0 spiro atoms. The van der Waals surface area contributed by atoms with Crippen molar-refractivity contribution in [3.05, 3.63) is 10.1 Å². The summed E-state index contributed by atoms with van der Waals surface area (Å²) < 4.78 is 6.32. The highest BCUT2D eigenvalue weighted by molar-refractivity contribution is 6.74. The molecule has 0 saturated carbocycles. The van der Waals surface area contributed by atoms with Crippen LogP contribution in [0.3, 0.4) is 0 Å². The molecule has 0 aliphatic heterocycles. The second kappa shape index (κ2) is 6.84. The Morgan fingerprint density at radius 3 is 2.00 bits per heavy atom. The fraction of sp³-hybridized carbons (Fsp3) is 1.00. The van der Waals surface area contributed by atoms with Crippen molar-refractivity contribution in [1.29, 1.82) is 0 Å². The molecule has 0 amide bonds. The van der Waals surface area contributed by atoms with Crippen LogP contribution in [0.25, 0.3) is 0 Å². The Hall–Kier alpha value is -0.423. The molecule has 4 nitrogen and oxygen atoms in total. The summed E-state index contributed by atoms with van der Waals surface area (Å²) in [6.45, 7) is 16.7. The maximum Gasteiger partial charge on any atom is 0.239 e. The molecule has 0 aromatic carbocycles. The van der Waals surface area contributed by atoms with E-state index in [-0.39, 0.29) is 22.0 Å². The number of nitro groups is 1. The Morgan fingerprint density at radius 1 is 1.26 bits per heavy atom. The first-order chi connectivity index (χ1) is 8.44. The Balaban J connectivity index is 5.16. The number of rotatable bonds is 7. The largest absolute Gasteiger partial charge is 0.407 e. The van der Waals surface area contributed by atoms with E-state index in [1.165, 1.54) is 0 Å². The molecule has 0 aliphatic carbocycles. The Bertz CT molecular complexity index is 298. The topological polar surface area (TPSA) is 52.4 Å². The minimum atomic E-state index is -1.96. The molecule has 0 bridgehead atoms. The quantitative estimate of drug-likeness (QED) is 0.394. The Morgan fingerprint density at radius 2 is 1.74 bits per heavy atom. The zero-order valence-corrected chi connectivity index (χ0v) is 14.8. The molecule has 5 heteroatoms. The van der Waals surface area contributed by atoms with Gasteiger partial charge < -0.3 is 4.43 Å². The van der Waals surface area contributed by atoms with Crippen LogP contribution in [0.1, 0.15) is 54.4 Å². The second-order valence-corrected chi connectivity index (χ2v) is 12.0. The summed E-state index contributed by atoms with van der Waals surface area (Å²) in [5, 5.41) is 11.4. The summed E-state index contributed by atoms with van der Waals surface area (Å²) in [6, 6.07) is -0.603. The lowest BCUT2D eigenvalue weighted by atomic mass is 9.96. The third-order valence-corrected chi connectivity index (χ3v) is 8.64. The van der Waals surface area contributed by atoms with Crippen LogP contribution in [0.15, 0.2) is 0 Å². The van der Waals surface area contributed by atoms with Crippen molar-refractivity contribution in [1.82, 2.24) is 0 Å². The molecule has 0 unspecified atom stereocenters. The van der Waals surface area contributed by atoms with E-state index in [1.807, 2.05) is 13.8 Å². The fourth-order valence-corrected chi connectivity index (χ4v) is 3.32. The molecule has 0 N–H and O–H groups in total. The number of nitrogens with zero attached hydrogens (tertiary/aromatic N) is 1. The maximum atomic E-state index is 11.3. The molecule has 0 aromatic heterocycles. The molecule has 0 aliphatic rings. The van der Waals surface area contributed by atoms with Crippen LogP contribution in [0.5, 0.6) is 0 Å². The summed E-state index contributed by atoms with van der Waals surface area (Å²) in [4.78, 5) is 11.2. The van der Waals surface area contributed by atoms with Gasteiger partial charge in [0.25, 0.3) is 0 Å². The van der Waals surface area contributed by atoms with Gasteiger partial charge in [0.1, 0.15) is 6.10 Å². The van der Waals surface area contributed by atoms with Crippen molar-refractivity contribution in [2.24, 2.45) is 5.92 Å². The zero-order valence-electron chi connectivity index (χ0n) is 13.8. The van der Waals surface area contributed by atoms with E-state index in [0.717, 1.165) is 12.8 Å². The van der Waals surface area contributed by atoms with Gasteiger partial charge in [-0.1, -0.05) is 48.0 Å². The van der Waals surface area contributed by atoms with Crippen molar-refractivity contribution in [3.8, 4) is 0 Å². The van der Waals surface area contributed by atoms with Crippen LogP contribution in [0.2, 0.25) is 18.1 Å². The normalized spacial score (nSPS) is 16.5. The highest BCUT2D eigenvalue weighted by atomic mass is 28.4. The van der Waals surface area contributed by atoms with E-state index >= 15 is 0 Å². The molecule has 19 heavy (non-hydrogen) atoms. The monoisotopic (exact) mass is 289 g/mol. The van der Waals surface area contributed by atoms with Gasteiger partial charge in [0.15, 0.2) is 8.32 Å². The Labute approximate surface area is 119 Å². The van der Waals surface area contributed by atoms with Crippen LogP contribution in [-0.2, 0) is 4.43 Å². The lowest BCUT2D eigenvalue weighted by Gasteiger charge is -2.40. The first-order valence-corrected chi connectivity index (χ1v) is 10.2.